The van der Waals surface area contributed by atoms with Gasteiger partial charge in [0.1, 0.15) is 5.82 Å². The average Bonchev–Trinajstić information content (AvgIpc) is 2.76. The molecule has 0 saturated heterocycles. The number of hydrogen-bond donors (Lipinski definition) is 1. The van der Waals surface area contributed by atoms with Crippen LogP contribution in [0.3, 0.4) is 0 Å². The molecule has 0 fully saturated rings. The fraction of sp³-hybridized carbons (Fsp3) is 0.273. The van der Waals surface area contributed by atoms with E-state index < -0.39 is 12.6 Å². The van der Waals surface area contributed by atoms with E-state index in [1.54, 1.807) is 24.4 Å². The van der Waals surface area contributed by atoms with Crippen LogP contribution in [0.2, 0.25) is 0 Å². The van der Waals surface area contributed by atoms with Gasteiger partial charge in [0, 0.05) is 10.4 Å². The molecule has 0 bridgehead atoms. The van der Waals surface area contributed by atoms with Crippen LogP contribution in [0.5, 0.6) is 11.5 Å². The lowest BCUT2D eigenvalue weighted by Crippen LogP contribution is -2.23. The van der Waals surface area contributed by atoms with Crippen molar-refractivity contribution in [3.63, 3.8) is 0 Å². The number of halogens is 2. The molecule has 1 heterocycles. The highest BCUT2D eigenvalue weighted by molar-refractivity contribution is 14.1. The minimum absolute atomic E-state index is 0.0226. The Morgan fingerprint density at radius 1 is 1.38 bits per heavy atom. The fourth-order valence-electron chi connectivity index (χ4n) is 2.99. The monoisotopic (exact) mass is 613 g/mol. The zero-order valence-electron chi connectivity index (χ0n) is 17.6. The first-order chi connectivity index (χ1) is 15.2. The van der Waals surface area contributed by atoms with Crippen molar-refractivity contribution >= 4 is 61.6 Å². The van der Waals surface area contributed by atoms with E-state index in [0.717, 1.165) is 10.9 Å². The van der Waals surface area contributed by atoms with E-state index in [9.17, 15) is 9.59 Å². The quantitative estimate of drug-likeness (QED) is 0.294. The van der Waals surface area contributed by atoms with Crippen molar-refractivity contribution in [1.82, 2.24) is 9.66 Å². The Morgan fingerprint density at radius 3 is 2.78 bits per heavy atom. The second kappa shape index (κ2) is 10.4. The van der Waals surface area contributed by atoms with Crippen LogP contribution >= 0.6 is 38.5 Å². The summed E-state index contributed by atoms with van der Waals surface area (Å²) in [4.78, 5) is 28.8. The Hall–Kier alpha value is -2.47. The largest absolute Gasteiger partial charge is 0.493 e. The summed E-state index contributed by atoms with van der Waals surface area (Å²) in [6.07, 6.45) is 2.34. The molecule has 0 aliphatic rings. The number of aromatic nitrogens is 2. The molecule has 0 aliphatic heterocycles. The Balaban J connectivity index is 2.09. The summed E-state index contributed by atoms with van der Waals surface area (Å²) in [7, 11) is 1.47. The summed E-state index contributed by atoms with van der Waals surface area (Å²) in [6, 6.07) is 8.83. The number of benzene rings is 2. The van der Waals surface area contributed by atoms with Gasteiger partial charge in [-0.05, 0) is 64.9 Å². The van der Waals surface area contributed by atoms with Crippen LogP contribution in [0.4, 0.5) is 0 Å². The summed E-state index contributed by atoms with van der Waals surface area (Å²) in [6.45, 7) is 3.55. The van der Waals surface area contributed by atoms with Crippen molar-refractivity contribution in [2.24, 2.45) is 5.10 Å². The summed E-state index contributed by atoms with van der Waals surface area (Å²) in [5, 5.41) is 13.8. The van der Waals surface area contributed by atoms with E-state index in [-0.39, 0.29) is 11.5 Å². The highest BCUT2D eigenvalue weighted by Crippen LogP contribution is 2.33. The minimum atomic E-state index is -1.08. The Morgan fingerprint density at radius 2 is 2.12 bits per heavy atom. The molecule has 1 aromatic heterocycles. The number of carbonyl (C=O) groups is 1. The highest BCUT2D eigenvalue weighted by Gasteiger charge is 2.16. The number of rotatable bonds is 8. The number of methoxy groups -OCH3 is 1. The molecule has 168 valence electrons. The van der Waals surface area contributed by atoms with Crippen LogP contribution in [0.15, 0.2) is 44.7 Å². The molecule has 3 rings (SSSR count). The molecule has 32 heavy (non-hydrogen) atoms. The number of aliphatic carboxylic acids is 1. The lowest BCUT2D eigenvalue weighted by Gasteiger charge is -2.14. The molecule has 10 heteroatoms. The van der Waals surface area contributed by atoms with Crippen molar-refractivity contribution in [3.05, 3.63) is 60.1 Å². The third-order valence-electron chi connectivity index (χ3n) is 4.80. The third kappa shape index (κ3) is 5.29. The fourth-order valence-corrected chi connectivity index (χ4v) is 4.13. The first-order valence-corrected chi connectivity index (χ1v) is 11.6. The van der Waals surface area contributed by atoms with Gasteiger partial charge < -0.3 is 14.6 Å². The van der Waals surface area contributed by atoms with Crippen LogP contribution in [0.25, 0.3) is 10.9 Å². The predicted molar refractivity (Wildman–Crippen MR) is 134 cm³/mol. The summed E-state index contributed by atoms with van der Waals surface area (Å²) >= 11 is 5.44. The van der Waals surface area contributed by atoms with Crippen LogP contribution in [0.1, 0.15) is 37.6 Å². The average molecular weight is 614 g/mol. The number of nitrogens with zero attached hydrogens (tertiary/aromatic N) is 3. The maximum atomic E-state index is 13.2. The predicted octanol–water partition coefficient (Wildman–Crippen LogP) is 4.63. The Kier molecular flexibility index (Phi) is 7.88. The van der Waals surface area contributed by atoms with Gasteiger partial charge in [0.2, 0.25) is 0 Å². The molecule has 1 atom stereocenters. The van der Waals surface area contributed by atoms with Crippen molar-refractivity contribution in [2.45, 2.75) is 26.2 Å². The second-order valence-corrected chi connectivity index (χ2v) is 9.10. The SMILES string of the molecule is CC[C@@H](C)c1nc2ccc(Br)cc2c(=O)n1N=Cc1cc(I)c(OCC(=O)O)c(OC)c1. The number of fused-ring (bicyclic) bond motifs is 1. The van der Waals surface area contributed by atoms with Crippen LogP contribution in [-0.2, 0) is 4.79 Å². The molecule has 2 aromatic carbocycles. The van der Waals surface area contributed by atoms with Crippen LogP contribution in [0, 0.1) is 3.57 Å². The third-order valence-corrected chi connectivity index (χ3v) is 6.10. The molecule has 8 nitrogen and oxygen atoms in total. The Bertz CT molecular complexity index is 1260. The van der Waals surface area contributed by atoms with Crippen LogP contribution in [-0.4, -0.2) is 40.7 Å². The molecule has 0 unspecified atom stereocenters. The maximum Gasteiger partial charge on any atom is 0.341 e. The summed E-state index contributed by atoms with van der Waals surface area (Å²) < 4.78 is 13.5. The number of carboxylic acid groups (broad SMARTS) is 1. The van der Waals surface area contributed by atoms with Gasteiger partial charge in [0.15, 0.2) is 18.1 Å². The molecular formula is C22H21BrIN3O5. The molecule has 0 amide bonds. The molecule has 0 radical (unpaired) electrons. The van der Waals surface area contributed by atoms with Crippen molar-refractivity contribution in [3.8, 4) is 11.5 Å². The van der Waals surface area contributed by atoms with Crippen molar-refractivity contribution in [2.75, 3.05) is 13.7 Å². The van der Waals surface area contributed by atoms with Gasteiger partial charge >= 0.3 is 5.97 Å². The van der Waals surface area contributed by atoms with Crippen molar-refractivity contribution in [1.29, 1.82) is 0 Å². The summed E-state index contributed by atoms with van der Waals surface area (Å²) in [5.41, 5.74) is 1.02. The minimum Gasteiger partial charge on any atom is -0.493 e. The van der Waals surface area contributed by atoms with Gasteiger partial charge in [-0.3, -0.25) is 4.79 Å². The van der Waals surface area contributed by atoms with Gasteiger partial charge in [0.25, 0.3) is 5.56 Å². The lowest BCUT2D eigenvalue weighted by molar-refractivity contribution is -0.139. The topological polar surface area (TPSA) is 103 Å². The zero-order valence-corrected chi connectivity index (χ0v) is 21.4. The maximum absolute atomic E-state index is 13.2. The van der Waals surface area contributed by atoms with E-state index in [1.807, 2.05) is 48.6 Å². The molecule has 0 spiro atoms. The van der Waals surface area contributed by atoms with E-state index in [4.69, 9.17) is 19.6 Å². The zero-order chi connectivity index (χ0) is 23.4. The first kappa shape index (κ1) is 24.2. The van der Waals surface area contributed by atoms with E-state index in [0.29, 0.717) is 37.4 Å². The first-order valence-electron chi connectivity index (χ1n) is 9.73. The van der Waals surface area contributed by atoms with Gasteiger partial charge in [-0.25, -0.2) is 9.78 Å². The standard InChI is InChI=1S/C22H21BrIN3O5/c1-4-12(2)21-26-17-6-5-14(23)9-15(17)22(30)27(21)25-10-13-7-16(24)20(18(8-13)31-3)32-11-19(28)29/h5-10,12H,4,11H2,1-3H3,(H,28,29)/t12-/m1/s1. The Labute approximate surface area is 206 Å². The molecule has 1 N–H and O–H groups in total. The van der Waals surface area contributed by atoms with E-state index in [1.165, 1.54) is 11.8 Å². The molecule has 0 aliphatic carbocycles. The second-order valence-electron chi connectivity index (χ2n) is 7.02. The smallest absolute Gasteiger partial charge is 0.341 e. The van der Waals surface area contributed by atoms with Gasteiger partial charge in [-0.1, -0.05) is 29.8 Å². The van der Waals surface area contributed by atoms with Crippen molar-refractivity contribution < 1.29 is 19.4 Å². The lowest BCUT2D eigenvalue weighted by atomic mass is 10.1. The number of ether oxygens (including phenoxy) is 2. The van der Waals surface area contributed by atoms with Gasteiger partial charge in [0.05, 0.1) is 27.8 Å². The van der Waals surface area contributed by atoms with Gasteiger partial charge in [-0.2, -0.15) is 9.78 Å². The van der Waals surface area contributed by atoms with Gasteiger partial charge in [-0.15, -0.1) is 0 Å². The molecule has 0 saturated carbocycles. The van der Waals surface area contributed by atoms with E-state index in [2.05, 4.69) is 21.0 Å². The summed E-state index contributed by atoms with van der Waals surface area (Å²) in [5.74, 6) is 0.221. The number of carboxylic acids is 1. The molecular weight excluding hydrogens is 593 g/mol. The normalized spacial score (nSPS) is 12.3. The van der Waals surface area contributed by atoms with E-state index >= 15 is 0 Å². The highest BCUT2D eigenvalue weighted by atomic mass is 127. The molecule has 3 aromatic rings. The number of hydrogen-bond acceptors (Lipinski definition) is 6. The van der Waals surface area contributed by atoms with Crippen LogP contribution < -0.4 is 15.0 Å².